The lowest BCUT2D eigenvalue weighted by atomic mass is 10.0. The van der Waals surface area contributed by atoms with Crippen LogP contribution in [0.25, 0.3) is 5.69 Å². The van der Waals surface area contributed by atoms with Gasteiger partial charge in [-0.2, -0.15) is 0 Å². The monoisotopic (exact) mass is 406 g/mol. The van der Waals surface area contributed by atoms with Gasteiger partial charge in [0.2, 0.25) is 0 Å². The maximum Gasteiger partial charge on any atom is 0.170 e. The normalized spacial score (nSPS) is 19.0. The van der Waals surface area contributed by atoms with Crippen LogP contribution in [-0.2, 0) is 0 Å². The Labute approximate surface area is 177 Å². The Bertz CT molecular complexity index is 969. The highest BCUT2D eigenvalue weighted by Gasteiger charge is 2.41. The zero-order chi connectivity index (χ0) is 20.4. The molecule has 4 rings (SSSR count). The topological polar surface area (TPSA) is 49.2 Å². The molecule has 7 heteroatoms. The summed E-state index contributed by atoms with van der Waals surface area (Å²) in [6.07, 6.45) is 5.54. The fourth-order valence-corrected chi connectivity index (χ4v) is 4.24. The highest BCUT2D eigenvalue weighted by molar-refractivity contribution is 7.80. The van der Waals surface area contributed by atoms with E-state index in [9.17, 15) is 0 Å². The lowest BCUT2D eigenvalue weighted by molar-refractivity contribution is 0.272. The second kappa shape index (κ2) is 8.31. The van der Waals surface area contributed by atoms with Crippen molar-refractivity contribution >= 4 is 17.3 Å². The summed E-state index contributed by atoms with van der Waals surface area (Å²) in [4.78, 5) is 13.4. The zero-order valence-electron chi connectivity index (χ0n) is 17.0. The van der Waals surface area contributed by atoms with Gasteiger partial charge in [-0.3, -0.25) is 9.97 Å². The van der Waals surface area contributed by atoms with E-state index in [2.05, 4.69) is 74.9 Å². The molecule has 1 aliphatic rings. The third-order valence-corrected chi connectivity index (χ3v) is 5.65. The molecule has 3 aromatic heterocycles. The third-order valence-electron chi connectivity index (χ3n) is 5.30. The number of aromatic nitrogens is 3. The second-order valence-corrected chi connectivity index (χ2v) is 7.96. The Balaban J connectivity index is 1.81. The fourth-order valence-electron chi connectivity index (χ4n) is 3.90. The van der Waals surface area contributed by atoms with Crippen molar-refractivity contribution < 1.29 is 0 Å². The molecule has 0 saturated carbocycles. The second-order valence-electron chi connectivity index (χ2n) is 7.57. The molecule has 3 aromatic rings. The Kier molecular flexibility index (Phi) is 5.60. The first-order chi connectivity index (χ1) is 14.1. The Hall–Kier alpha value is -2.77. The number of rotatable bonds is 6. The van der Waals surface area contributed by atoms with Crippen LogP contribution in [0.2, 0.25) is 0 Å². The van der Waals surface area contributed by atoms with Crippen molar-refractivity contribution in [2.24, 2.45) is 0 Å². The third kappa shape index (κ3) is 3.88. The molecule has 2 unspecified atom stereocenters. The minimum Gasteiger partial charge on any atom is -0.352 e. The van der Waals surface area contributed by atoms with E-state index in [1.807, 2.05) is 30.6 Å². The van der Waals surface area contributed by atoms with Gasteiger partial charge in [-0.25, -0.2) is 0 Å². The molecular weight excluding hydrogens is 380 g/mol. The Morgan fingerprint density at radius 1 is 1.10 bits per heavy atom. The molecule has 0 spiro atoms. The highest BCUT2D eigenvalue weighted by Crippen LogP contribution is 2.39. The van der Waals surface area contributed by atoms with E-state index >= 15 is 0 Å². The van der Waals surface area contributed by atoms with Crippen molar-refractivity contribution in [2.45, 2.75) is 19.0 Å². The number of aryl methyl sites for hydroxylation is 1. The number of likely N-dealkylation sites (N-methyl/N-ethyl adjacent to an activating group) is 1. The van der Waals surface area contributed by atoms with Crippen LogP contribution in [0, 0.1) is 6.92 Å². The molecule has 4 heterocycles. The molecule has 6 nitrogen and oxygen atoms in total. The Morgan fingerprint density at radius 3 is 2.66 bits per heavy atom. The van der Waals surface area contributed by atoms with Crippen LogP contribution < -0.4 is 5.32 Å². The first kappa shape index (κ1) is 19.5. The number of nitrogens with zero attached hydrogens (tertiary/aromatic N) is 5. The number of hydrogen-bond acceptors (Lipinski definition) is 4. The minimum atomic E-state index is -0.0180. The average Bonchev–Trinajstić information content (AvgIpc) is 3.27. The molecule has 2 atom stereocenters. The van der Waals surface area contributed by atoms with Gasteiger partial charge in [0.1, 0.15) is 0 Å². The lowest BCUT2D eigenvalue weighted by Gasteiger charge is -2.30. The number of pyridine rings is 2. The van der Waals surface area contributed by atoms with Gasteiger partial charge in [0.05, 0.1) is 29.7 Å². The standard InChI is InChI=1S/C22H26N6S/c1-16-9-10-19(28(16)17-7-6-11-23-15-17)21-20(18-8-4-5-12-24-18)25-22(29)27(21)14-13-26(2)3/h4-12,15,20-21H,13-14H2,1-3H3,(H,25,29). The maximum absolute atomic E-state index is 5.76. The summed E-state index contributed by atoms with van der Waals surface area (Å²) in [5.74, 6) is 0. The summed E-state index contributed by atoms with van der Waals surface area (Å²) in [6, 6.07) is 14.5. The first-order valence-corrected chi connectivity index (χ1v) is 10.2. The van der Waals surface area contributed by atoms with Gasteiger partial charge < -0.3 is 19.7 Å². The molecule has 1 saturated heterocycles. The van der Waals surface area contributed by atoms with E-state index in [4.69, 9.17) is 12.2 Å². The van der Waals surface area contributed by atoms with Crippen molar-refractivity contribution in [1.29, 1.82) is 0 Å². The van der Waals surface area contributed by atoms with Crippen LogP contribution in [0.3, 0.4) is 0 Å². The molecule has 1 N–H and O–H groups in total. The largest absolute Gasteiger partial charge is 0.352 e. The molecule has 0 aliphatic carbocycles. The van der Waals surface area contributed by atoms with Crippen LogP contribution in [-0.4, -0.2) is 56.6 Å². The minimum absolute atomic E-state index is 0.0180. The molecule has 1 aliphatic heterocycles. The number of thiocarbonyl (C=S) groups is 1. The average molecular weight is 407 g/mol. The smallest absolute Gasteiger partial charge is 0.170 e. The Morgan fingerprint density at radius 2 is 1.97 bits per heavy atom. The first-order valence-electron chi connectivity index (χ1n) is 9.77. The van der Waals surface area contributed by atoms with Gasteiger partial charge in [-0.05, 0) is 69.6 Å². The van der Waals surface area contributed by atoms with Gasteiger partial charge in [-0.15, -0.1) is 0 Å². The quantitative estimate of drug-likeness (QED) is 0.635. The summed E-state index contributed by atoms with van der Waals surface area (Å²) in [5.41, 5.74) is 4.38. The van der Waals surface area contributed by atoms with E-state index in [1.165, 1.54) is 5.69 Å². The van der Waals surface area contributed by atoms with E-state index in [0.717, 1.165) is 35.3 Å². The van der Waals surface area contributed by atoms with Gasteiger partial charge in [-0.1, -0.05) is 6.07 Å². The fraction of sp³-hybridized carbons (Fsp3) is 0.318. The SMILES string of the molecule is Cc1ccc(C2C(c3ccccn3)NC(=S)N2CCN(C)C)n1-c1cccnc1. The summed E-state index contributed by atoms with van der Waals surface area (Å²) in [6.45, 7) is 3.88. The van der Waals surface area contributed by atoms with Gasteiger partial charge in [0, 0.05) is 36.9 Å². The van der Waals surface area contributed by atoms with Crippen LogP contribution in [0.15, 0.2) is 61.1 Å². The number of nitrogens with one attached hydrogen (secondary N) is 1. The van der Waals surface area contributed by atoms with Crippen LogP contribution >= 0.6 is 12.2 Å². The zero-order valence-corrected chi connectivity index (χ0v) is 17.8. The van der Waals surface area contributed by atoms with Crippen molar-refractivity contribution in [3.05, 3.63) is 78.1 Å². The number of hydrogen-bond donors (Lipinski definition) is 1. The molecule has 0 bridgehead atoms. The van der Waals surface area contributed by atoms with Crippen molar-refractivity contribution in [3.63, 3.8) is 0 Å². The summed E-state index contributed by atoms with van der Waals surface area (Å²) in [7, 11) is 4.17. The van der Waals surface area contributed by atoms with Crippen LogP contribution in [0.4, 0.5) is 0 Å². The van der Waals surface area contributed by atoms with Gasteiger partial charge in [0.25, 0.3) is 0 Å². The molecule has 150 valence electrons. The summed E-state index contributed by atoms with van der Waals surface area (Å²) in [5, 5.41) is 4.30. The van der Waals surface area contributed by atoms with Gasteiger partial charge in [0.15, 0.2) is 5.11 Å². The van der Waals surface area contributed by atoms with E-state index in [-0.39, 0.29) is 12.1 Å². The van der Waals surface area contributed by atoms with E-state index in [1.54, 1.807) is 6.20 Å². The van der Waals surface area contributed by atoms with E-state index in [0.29, 0.717) is 0 Å². The van der Waals surface area contributed by atoms with Crippen molar-refractivity contribution in [2.75, 3.05) is 27.2 Å². The molecular formula is C22H26N6S. The summed E-state index contributed by atoms with van der Waals surface area (Å²) < 4.78 is 2.27. The van der Waals surface area contributed by atoms with Crippen LogP contribution in [0.5, 0.6) is 0 Å². The van der Waals surface area contributed by atoms with Gasteiger partial charge >= 0.3 is 0 Å². The van der Waals surface area contributed by atoms with Crippen molar-refractivity contribution in [1.82, 2.24) is 29.7 Å². The predicted molar refractivity (Wildman–Crippen MR) is 119 cm³/mol. The predicted octanol–water partition coefficient (Wildman–Crippen LogP) is 3.11. The maximum atomic E-state index is 5.76. The molecule has 29 heavy (non-hydrogen) atoms. The lowest BCUT2D eigenvalue weighted by Crippen LogP contribution is -2.36. The molecule has 0 radical (unpaired) electrons. The molecule has 1 fully saturated rings. The molecule has 0 aromatic carbocycles. The molecule has 0 amide bonds. The van der Waals surface area contributed by atoms with Crippen LogP contribution in [0.1, 0.15) is 29.2 Å². The highest BCUT2D eigenvalue weighted by atomic mass is 32.1. The van der Waals surface area contributed by atoms with E-state index < -0.39 is 0 Å². The van der Waals surface area contributed by atoms with Crippen molar-refractivity contribution in [3.8, 4) is 5.69 Å². The summed E-state index contributed by atoms with van der Waals surface area (Å²) >= 11 is 5.76.